The number of hydrogen-bond acceptors (Lipinski definition) is 3. The lowest BCUT2D eigenvalue weighted by Gasteiger charge is -2.36. The van der Waals surface area contributed by atoms with Crippen LogP contribution in [0.15, 0.2) is 29.2 Å². The number of thioether (sulfide) groups is 1. The van der Waals surface area contributed by atoms with Gasteiger partial charge in [0.15, 0.2) is 0 Å². The van der Waals surface area contributed by atoms with E-state index in [-0.39, 0.29) is 23.6 Å². The molecule has 1 aromatic carbocycles. The summed E-state index contributed by atoms with van der Waals surface area (Å²) >= 11 is 7.74. The molecule has 2 aliphatic rings. The van der Waals surface area contributed by atoms with Crippen molar-refractivity contribution in [1.29, 1.82) is 0 Å². The first kappa shape index (κ1) is 18.9. The summed E-state index contributed by atoms with van der Waals surface area (Å²) in [5.74, 6) is 0.205. The Morgan fingerprint density at radius 2 is 1.91 bits per heavy atom. The Bertz CT molecular complexity index is 545. The van der Waals surface area contributed by atoms with Gasteiger partial charge in [-0.15, -0.1) is 24.2 Å². The summed E-state index contributed by atoms with van der Waals surface area (Å²) in [6, 6.07) is 9.29. The Kier molecular flexibility index (Phi) is 6.66. The molecule has 3 atom stereocenters. The van der Waals surface area contributed by atoms with Gasteiger partial charge in [0.2, 0.25) is 5.91 Å². The Labute approximate surface area is 153 Å². The molecule has 0 spiro atoms. The second-order valence-corrected chi connectivity index (χ2v) is 8.19. The SMILES string of the molecule is CC(Sc1ccccc1Cl)C(=O)N(C)C1CC2CCC(C1)N2.Cl. The Morgan fingerprint density at radius 1 is 1.30 bits per heavy atom. The van der Waals surface area contributed by atoms with Crippen molar-refractivity contribution in [3.8, 4) is 0 Å². The van der Waals surface area contributed by atoms with Crippen LogP contribution < -0.4 is 5.32 Å². The van der Waals surface area contributed by atoms with Gasteiger partial charge in [-0.2, -0.15) is 0 Å². The van der Waals surface area contributed by atoms with Gasteiger partial charge in [0.1, 0.15) is 0 Å². The summed E-state index contributed by atoms with van der Waals surface area (Å²) in [6.45, 7) is 1.97. The van der Waals surface area contributed by atoms with Gasteiger partial charge in [0.05, 0.1) is 10.3 Å². The highest BCUT2D eigenvalue weighted by molar-refractivity contribution is 8.00. The molecule has 1 amide bonds. The van der Waals surface area contributed by atoms with Crippen LogP contribution in [0.25, 0.3) is 0 Å². The summed E-state index contributed by atoms with van der Waals surface area (Å²) in [7, 11) is 1.96. The molecule has 0 saturated carbocycles. The number of piperidine rings is 1. The Morgan fingerprint density at radius 3 is 2.52 bits per heavy atom. The molecule has 2 aliphatic heterocycles. The molecule has 0 aliphatic carbocycles. The number of hydrogen-bond donors (Lipinski definition) is 1. The van der Waals surface area contributed by atoms with Gasteiger partial charge in [0.25, 0.3) is 0 Å². The minimum Gasteiger partial charge on any atom is -0.342 e. The van der Waals surface area contributed by atoms with Crippen LogP contribution in [0.3, 0.4) is 0 Å². The zero-order valence-corrected chi connectivity index (χ0v) is 15.9. The fourth-order valence-electron chi connectivity index (χ4n) is 3.59. The zero-order valence-electron chi connectivity index (χ0n) is 13.5. The van der Waals surface area contributed by atoms with Crippen molar-refractivity contribution < 1.29 is 4.79 Å². The summed E-state index contributed by atoms with van der Waals surface area (Å²) in [5.41, 5.74) is 0. The van der Waals surface area contributed by atoms with Gasteiger partial charge in [-0.05, 0) is 44.7 Å². The summed E-state index contributed by atoms with van der Waals surface area (Å²) < 4.78 is 0. The van der Waals surface area contributed by atoms with Crippen molar-refractivity contribution >= 4 is 41.7 Å². The quantitative estimate of drug-likeness (QED) is 0.808. The normalized spacial score (nSPS) is 27.2. The highest BCUT2D eigenvalue weighted by atomic mass is 35.5. The molecule has 6 heteroatoms. The predicted octanol–water partition coefficient (Wildman–Crippen LogP) is 3.98. The van der Waals surface area contributed by atoms with Gasteiger partial charge in [-0.3, -0.25) is 4.79 Å². The maximum absolute atomic E-state index is 12.7. The van der Waals surface area contributed by atoms with E-state index in [0.717, 1.165) is 22.8 Å². The van der Waals surface area contributed by atoms with Gasteiger partial charge in [-0.25, -0.2) is 0 Å². The number of carbonyl (C=O) groups excluding carboxylic acids is 1. The lowest BCUT2D eigenvalue weighted by atomic mass is 9.98. The van der Waals surface area contributed by atoms with E-state index in [9.17, 15) is 4.79 Å². The first-order valence-corrected chi connectivity index (χ1v) is 9.24. The van der Waals surface area contributed by atoms with Crippen molar-refractivity contribution in [2.75, 3.05) is 7.05 Å². The summed E-state index contributed by atoms with van der Waals surface area (Å²) in [4.78, 5) is 15.7. The molecule has 23 heavy (non-hydrogen) atoms. The minimum atomic E-state index is -0.113. The molecular formula is C17H24Cl2N2OS. The number of carbonyl (C=O) groups is 1. The second-order valence-electron chi connectivity index (χ2n) is 6.40. The highest BCUT2D eigenvalue weighted by Gasteiger charge is 2.37. The van der Waals surface area contributed by atoms with Crippen molar-refractivity contribution in [2.24, 2.45) is 0 Å². The van der Waals surface area contributed by atoms with Crippen LogP contribution in [0.5, 0.6) is 0 Å². The number of rotatable bonds is 4. The maximum atomic E-state index is 12.7. The van der Waals surface area contributed by atoms with Gasteiger partial charge in [-0.1, -0.05) is 23.7 Å². The van der Waals surface area contributed by atoms with Gasteiger partial charge in [0, 0.05) is 30.1 Å². The van der Waals surface area contributed by atoms with E-state index in [1.165, 1.54) is 12.8 Å². The topological polar surface area (TPSA) is 32.3 Å². The van der Waals surface area contributed by atoms with Gasteiger partial charge >= 0.3 is 0 Å². The number of benzene rings is 1. The van der Waals surface area contributed by atoms with Crippen molar-refractivity contribution in [1.82, 2.24) is 10.2 Å². The lowest BCUT2D eigenvalue weighted by molar-refractivity contribution is -0.131. The monoisotopic (exact) mass is 374 g/mol. The fraction of sp³-hybridized carbons (Fsp3) is 0.588. The largest absolute Gasteiger partial charge is 0.342 e. The van der Waals surface area contributed by atoms with Crippen LogP contribution in [-0.2, 0) is 4.79 Å². The second kappa shape index (κ2) is 8.11. The van der Waals surface area contributed by atoms with Crippen LogP contribution in [-0.4, -0.2) is 41.2 Å². The molecule has 3 nitrogen and oxygen atoms in total. The number of halogens is 2. The van der Waals surface area contributed by atoms with Crippen LogP contribution in [0, 0.1) is 0 Å². The molecule has 1 N–H and O–H groups in total. The fourth-order valence-corrected chi connectivity index (χ4v) is 4.85. The third-order valence-corrected chi connectivity index (χ3v) is 6.44. The number of nitrogens with zero attached hydrogens (tertiary/aromatic N) is 1. The molecule has 128 valence electrons. The average molecular weight is 375 g/mol. The molecular weight excluding hydrogens is 351 g/mol. The standard InChI is InChI=1S/C17H23ClN2OS.ClH/c1-11(22-16-6-4-3-5-15(16)18)17(21)20(2)14-9-12-7-8-13(10-14)19-12;/h3-6,11-14,19H,7-10H2,1-2H3;1H. The van der Waals surface area contributed by atoms with E-state index in [4.69, 9.17) is 11.6 Å². The molecule has 2 heterocycles. The van der Waals surface area contributed by atoms with E-state index in [2.05, 4.69) is 5.32 Å². The maximum Gasteiger partial charge on any atom is 0.235 e. The molecule has 2 fully saturated rings. The van der Waals surface area contributed by atoms with Crippen LogP contribution in [0.2, 0.25) is 5.02 Å². The predicted molar refractivity (Wildman–Crippen MR) is 99.8 cm³/mol. The smallest absolute Gasteiger partial charge is 0.235 e. The van der Waals surface area contributed by atoms with Crippen molar-refractivity contribution in [3.63, 3.8) is 0 Å². The lowest BCUT2D eigenvalue weighted by Crippen LogP contribution is -2.50. The molecule has 2 bridgehead atoms. The van der Waals surface area contributed by atoms with Crippen molar-refractivity contribution in [2.45, 2.75) is 60.9 Å². The first-order valence-electron chi connectivity index (χ1n) is 7.98. The number of amides is 1. The van der Waals surface area contributed by atoms with E-state index >= 15 is 0 Å². The van der Waals surface area contributed by atoms with Crippen LogP contribution in [0.1, 0.15) is 32.6 Å². The average Bonchev–Trinajstić information content (AvgIpc) is 2.86. The summed E-state index contributed by atoms with van der Waals surface area (Å²) in [5, 5.41) is 4.23. The van der Waals surface area contributed by atoms with E-state index in [0.29, 0.717) is 18.1 Å². The molecule has 2 saturated heterocycles. The van der Waals surface area contributed by atoms with Crippen molar-refractivity contribution in [3.05, 3.63) is 29.3 Å². The van der Waals surface area contributed by atoms with E-state index in [1.54, 1.807) is 11.8 Å². The molecule has 0 aromatic heterocycles. The zero-order chi connectivity index (χ0) is 15.7. The molecule has 3 rings (SSSR count). The third-order valence-electron chi connectivity index (χ3n) is 4.83. The third kappa shape index (κ3) is 4.36. The van der Waals surface area contributed by atoms with E-state index < -0.39 is 0 Å². The Balaban J connectivity index is 0.00000192. The summed E-state index contributed by atoms with van der Waals surface area (Å²) in [6.07, 6.45) is 4.69. The first-order chi connectivity index (χ1) is 10.5. The number of nitrogens with one attached hydrogen (secondary N) is 1. The van der Waals surface area contributed by atoms with Crippen LogP contribution >= 0.6 is 35.8 Å². The molecule has 1 aromatic rings. The molecule has 3 unspecified atom stereocenters. The minimum absolute atomic E-state index is 0. The van der Waals surface area contributed by atoms with E-state index in [1.807, 2.05) is 43.1 Å². The highest BCUT2D eigenvalue weighted by Crippen LogP contribution is 2.33. The van der Waals surface area contributed by atoms with Gasteiger partial charge < -0.3 is 10.2 Å². The van der Waals surface area contributed by atoms with Crippen LogP contribution in [0.4, 0.5) is 0 Å². The Hall–Kier alpha value is -0.420. The molecule has 0 radical (unpaired) electrons. The number of fused-ring (bicyclic) bond motifs is 2.